The van der Waals surface area contributed by atoms with Crippen molar-refractivity contribution in [1.82, 2.24) is 5.32 Å². The van der Waals surface area contributed by atoms with Gasteiger partial charge in [-0.3, -0.25) is 4.79 Å². The second-order valence-corrected chi connectivity index (χ2v) is 6.24. The molecule has 0 aliphatic heterocycles. The zero-order valence-electron chi connectivity index (χ0n) is 12.6. The van der Waals surface area contributed by atoms with E-state index in [1.165, 1.54) is 5.56 Å². The molecule has 2 rings (SSSR count). The number of halogens is 1. The van der Waals surface area contributed by atoms with Gasteiger partial charge in [-0.2, -0.15) is 0 Å². The molecule has 1 amide bonds. The van der Waals surface area contributed by atoms with E-state index in [0.717, 1.165) is 11.1 Å². The predicted octanol–water partition coefficient (Wildman–Crippen LogP) is 4.24. The quantitative estimate of drug-likeness (QED) is 0.899. The van der Waals surface area contributed by atoms with Gasteiger partial charge in [0.05, 0.1) is 5.41 Å². The molecule has 0 unspecified atom stereocenters. The Bertz CT molecular complexity index is 632. The van der Waals surface area contributed by atoms with Gasteiger partial charge in [0.15, 0.2) is 0 Å². The normalized spacial score (nSPS) is 11.2. The second-order valence-electron chi connectivity index (χ2n) is 5.80. The van der Waals surface area contributed by atoms with Crippen molar-refractivity contribution >= 4 is 17.5 Å². The number of hydrogen-bond acceptors (Lipinski definition) is 1. The summed E-state index contributed by atoms with van der Waals surface area (Å²) in [5.41, 5.74) is 2.60. The third-order valence-electron chi connectivity index (χ3n) is 3.69. The molecular formula is C18H20ClNO. The maximum absolute atomic E-state index is 12.5. The summed E-state index contributed by atoms with van der Waals surface area (Å²) in [4.78, 5) is 12.5. The minimum atomic E-state index is -0.615. The molecule has 0 aliphatic rings. The van der Waals surface area contributed by atoms with Gasteiger partial charge >= 0.3 is 0 Å². The summed E-state index contributed by atoms with van der Waals surface area (Å²) >= 11 is 6.01. The molecule has 21 heavy (non-hydrogen) atoms. The van der Waals surface area contributed by atoms with Crippen LogP contribution >= 0.6 is 11.6 Å². The summed E-state index contributed by atoms with van der Waals surface area (Å²) in [6.07, 6.45) is 0. The van der Waals surface area contributed by atoms with E-state index in [1.807, 2.05) is 69.3 Å². The Labute approximate surface area is 131 Å². The first kappa shape index (κ1) is 15.6. The Morgan fingerprint density at radius 3 is 2.43 bits per heavy atom. The first-order valence-electron chi connectivity index (χ1n) is 6.99. The summed E-state index contributed by atoms with van der Waals surface area (Å²) in [5.74, 6) is -0.00894. The highest BCUT2D eigenvalue weighted by atomic mass is 35.5. The lowest BCUT2D eigenvalue weighted by molar-refractivity contribution is -0.125. The van der Waals surface area contributed by atoms with E-state index in [1.54, 1.807) is 0 Å². The molecule has 0 saturated carbocycles. The molecule has 2 aromatic rings. The maximum Gasteiger partial charge on any atom is 0.230 e. The molecule has 0 atom stereocenters. The van der Waals surface area contributed by atoms with Crippen LogP contribution in [0.25, 0.3) is 0 Å². The van der Waals surface area contributed by atoms with Crippen molar-refractivity contribution in [1.29, 1.82) is 0 Å². The van der Waals surface area contributed by atoms with Gasteiger partial charge in [0.25, 0.3) is 0 Å². The summed E-state index contributed by atoms with van der Waals surface area (Å²) in [7, 11) is 0. The van der Waals surface area contributed by atoms with Gasteiger partial charge < -0.3 is 5.32 Å². The van der Waals surface area contributed by atoms with Crippen LogP contribution < -0.4 is 5.32 Å². The number of hydrogen-bond donors (Lipinski definition) is 1. The number of amides is 1. The largest absolute Gasteiger partial charge is 0.351 e. The van der Waals surface area contributed by atoms with Gasteiger partial charge in [0, 0.05) is 11.6 Å². The van der Waals surface area contributed by atoms with Crippen molar-refractivity contribution in [2.45, 2.75) is 32.7 Å². The van der Waals surface area contributed by atoms with Gasteiger partial charge in [-0.1, -0.05) is 53.6 Å². The molecule has 0 heterocycles. The number of carbonyl (C=O) groups is 1. The molecule has 0 radical (unpaired) electrons. The zero-order chi connectivity index (χ0) is 15.5. The SMILES string of the molecule is Cc1ccc(CNC(=O)C(C)(C)c2cccc(Cl)c2)cc1. The average Bonchev–Trinajstić information content (AvgIpc) is 2.46. The number of benzene rings is 2. The summed E-state index contributed by atoms with van der Waals surface area (Å²) in [6.45, 7) is 6.39. The highest BCUT2D eigenvalue weighted by Crippen LogP contribution is 2.25. The van der Waals surface area contributed by atoms with Crippen molar-refractivity contribution in [3.8, 4) is 0 Å². The number of rotatable bonds is 4. The van der Waals surface area contributed by atoms with E-state index in [-0.39, 0.29) is 5.91 Å². The molecule has 2 nitrogen and oxygen atoms in total. The first-order valence-corrected chi connectivity index (χ1v) is 7.37. The van der Waals surface area contributed by atoms with Crippen LogP contribution in [0.4, 0.5) is 0 Å². The Hall–Kier alpha value is -1.80. The van der Waals surface area contributed by atoms with Crippen molar-refractivity contribution in [3.63, 3.8) is 0 Å². The van der Waals surface area contributed by atoms with E-state index in [4.69, 9.17) is 11.6 Å². The van der Waals surface area contributed by atoms with Crippen molar-refractivity contribution in [2.75, 3.05) is 0 Å². The van der Waals surface area contributed by atoms with E-state index in [9.17, 15) is 4.79 Å². The standard InChI is InChI=1S/C18H20ClNO/c1-13-7-9-14(10-8-13)12-20-17(21)18(2,3)15-5-4-6-16(19)11-15/h4-11H,12H2,1-3H3,(H,20,21). The van der Waals surface area contributed by atoms with Gasteiger partial charge in [-0.05, 0) is 44.0 Å². The molecule has 0 aliphatic carbocycles. The molecule has 2 aromatic carbocycles. The molecule has 110 valence electrons. The first-order chi connectivity index (χ1) is 9.89. The molecule has 1 N–H and O–H groups in total. The highest BCUT2D eigenvalue weighted by Gasteiger charge is 2.29. The number of nitrogens with one attached hydrogen (secondary N) is 1. The van der Waals surface area contributed by atoms with Crippen molar-refractivity contribution < 1.29 is 4.79 Å². The summed E-state index contributed by atoms with van der Waals surface area (Å²) < 4.78 is 0. The van der Waals surface area contributed by atoms with Crippen LogP contribution in [0.2, 0.25) is 5.02 Å². The van der Waals surface area contributed by atoms with Crippen LogP contribution in [-0.4, -0.2) is 5.91 Å². The van der Waals surface area contributed by atoms with Crippen LogP contribution in [-0.2, 0) is 16.8 Å². The average molecular weight is 302 g/mol. The maximum atomic E-state index is 12.5. The van der Waals surface area contributed by atoms with Crippen molar-refractivity contribution in [2.24, 2.45) is 0 Å². The van der Waals surface area contributed by atoms with Crippen LogP contribution in [0, 0.1) is 6.92 Å². The third-order valence-corrected chi connectivity index (χ3v) is 3.92. The fourth-order valence-corrected chi connectivity index (χ4v) is 2.31. The Morgan fingerprint density at radius 1 is 1.14 bits per heavy atom. The minimum absolute atomic E-state index is 0.00894. The fourth-order valence-electron chi connectivity index (χ4n) is 2.12. The molecule has 0 fully saturated rings. The minimum Gasteiger partial charge on any atom is -0.351 e. The lowest BCUT2D eigenvalue weighted by Gasteiger charge is -2.24. The summed E-state index contributed by atoms with van der Waals surface area (Å²) in [5, 5.41) is 3.64. The van der Waals surface area contributed by atoms with Gasteiger partial charge in [-0.15, -0.1) is 0 Å². The third kappa shape index (κ3) is 3.85. The van der Waals surface area contributed by atoms with Crippen LogP contribution in [0.15, 0.2) is 48.5 Å². The van der Waals surface area contributed by atoms with Crippen molar-refractivity contribution in [3.05, 3.63) is 70.2 Å². The summed E-state index contributed by atoms with van der Waals surface area (Å²) in [6, 6.07) is 15.6. The van der Waals surface area contributed by atoms with Gasteiger partial charge in [-0.25, -0.2) is 0 Å². The number of aryl methyl sites for hydroxylation is 1. The molecule has 0 bridgehead atoms. The lowest BCUT2D eigenvalue weighted by Crippen LogP contribution is -2.39. The molecule has 3 heteroatoms. The topological polar surface area (TPSA) is 29.1 Å². The number of carbonyl (C=O) groups excluding carboxylic acids is 1. The Morgan fingerprint density at radius 2 is 1.81 bits per heavy atom. The fraction of sp³-hybridized carbons (Fsp3) is 0.278. The van der Waals surface area contributed by atoms with E-state index < -0.39 is 5.41 Å². The zero-order valence-corrected chi connectivity index (χ0v) is 13.4. The molecular weight excluding hydrogens is 282 g/mol. The van der Waals surface area contributed by atoms with E-state index >= 15 is 0 Å². The lowest BCUT2D eigenvalue weighted by atomic mass is 9.83. The predicted molar refractivity (Wildman–Crippen MR) is 87.5 cm³/mol. The highest BCUT2D eigenvalue weighted by molar-refractivity contribution is 6.30. The van der Waals surface area contributed by atoms with Crippen LogP contribution in [0.5, 0.6) is 0 Å². The molecule has 0 saturated heterocycles. The Kier molecular flexibility index (Phi) is 4.69. The smallest absolute Gasteiger partial charge is 0.230 e. The van der Waals surface area contributed by atoms with E-state index in [0.29, 0.717) is 11.6 Å². The second kappa shape index (κ2) is 6.31. The molecule has 0 aromatic heterocycles. The molecule has 0 spiro atoms. The van der Waals surface area contributed by atoms with E-state index in [2.05, 4.69) is 5.32 Å². The van der Waals surface area contributed by atoms with Gasteiger partial charge in [0.1, 0.15) is 0 Å². The Balaban J connectivity index is 2.06. The van der Waals surface area contributed by atoms with Crippen LogP contribution in [0.3, 0.4) is 0 Å². The monoisotopic (exact) mass is 301 g/mol. The van der Waals surface area contributed by atoms with Gasteiger partial charge in [0.2, 0.25) is 5.91 Å². The van der Waals surface area contributed by atoms with Crippen LogP contribution in [0.1, 0.15) is 30.5 Å².